The van der Waals surface area contributed by atoms with E-state index >= 15 is 0 Å². The summed E-state index contributed by atoms with van der Waals surface area (Å²) in [6.07, 6.45) is -3.12. The molecular weight excluding hydrogens is 291 g/mol. The standard InChI is InChI=1S/C16H22F3N3/c1-22(2)14(20-11-13-7-4-3-5-8-13)21-12-15(9-6-10-15)16(17,18)19/h3-5,7-8H,6,9-12H2,1-2H3,(H,20,21). The van der Waals surface area contributed by atoms with Crippen LogP contribution in [0, 0.1) is 5.41 Å². The molecule has 0 aliphatic heterocycles. The minimum Gasteiger partial charge on any atom is -0.355 e. The van der Waals surface area contributed by atoms with Gasteiger partial charge in [-0.15, -0.1) is 0 Å². The smallest absolute Gasteiger partial charge is 0.355 e. The Morgan fingerprint density at radius 2 is 1.86 bits per heavy atom. The Hall–Kier alpha value is -1.72. The maximum atomic E-state index is 13.2. The van der Waals surface area contributed by atoms with Gasteiger partial charge in [-0.3, -0.25) is 0 Å². The number of halogens is 3. The van der Waals surface area contributed by atoms with E-state index in [1.165, 1.54) is 0 Å². The van der Waals surface area contributed by atoms with Crippen molar-refractivity contribution in [3.63, 3.8) is 0 Å². The summed E-state index contributed by atoms with van der Waals surface area (Å²) in [7, 11) is 3.55. The summed E-state index contributed by atoms with van der Waals surface area (Å²) in [6.45, 7) is 0.336. The molecule has 3 nitrogen and oxygen atoms in total. The van der Waals surface area contributed by atoms with E-state index in [0.717, 1.165) is 5.56 Å². The van der Waals surface area contributed by atoms with Crippen molar-refractivity contribution in [2.45, 2.75) is 32.0 Å². The molecule has 1 saturated carbocycles. The topological polar surface area (TPSA) is 27.6 Å². The number of aliphatic imine (C=N–C) groups is 1. The van der Waals surface area contributed by atoms with Crippen LogP contribution in [-0.4, -0.2) is 37.7 Å². The van der Waals surface area contributed by atoms with E-state index in [0.29, 0.717) is 18.9 Å². The zero-order valence-electron chi connectivity index (χ0n) is 13.0. The van der Waals surface area contributed by atoms with E-state index in [1.54, 1.807) is 19.0 Å². The van der Waals surface area contributed by atoms with Gasteiger partial charge in [0.05, 0.1) is 12.0 Å². The lowest BCUT2D eigenvalue weighted by Gasteiger charge is -2.43. The number of alkyl halides is 3. The maximum Gasteiger partial charge on any atom is 0.396 e. The molecule has 6 heteroatoms. The maximum absolute atomic E-state index is 13.2. The van der Waals surface area contributed by atoms with Crippen molar-refractivity contribution in [2.75, 3.05) is 20.6 Å². The molecule has 0 spiro atoms. The lowest BCUT2D eigenvalue weighted by atomic mass is 9.68. The van der Waals surface area contributed by atoms with Gasteiger partial charge in [-0.1, -0.05) is 36.8 Å². The number of nitrogens with zero attached hydrogens (tertiary/aromatic N) is 2. The predicted octanol–water partition coefficient (Wildman–Crippen LogP) is 3.43. The molecule has 1 aliphatic carbocycles. The molecule has 0 saturated heterocycles. The van der Waals surface area contributed by atoms with Crippen LogP contribution in [0.4, 0.5) is 13.2 Å². The van der Waals surface area contributed by atoms with Crippen LogP contribution in [0.1, 0.15) is 24.8 Å². The first-order valence-electron chi connectivity index (χ1n) is 7.40. The van der Waals surface area contributed by atoms with Crippen LogP contribution in [0.2, 0.25) is 0 Å². The van der Waals surface area contributed by atoms with Gasteiger partial charge >= 0.3 is 6.18 Å². The molecule has 0 unspecified atom stereocenters. The normalized spacial score (nSPS) is 17.8. The summed E-state index contributed by atoms with van der Waals surface area (Å²) in [5.74, 6) is 0.486. The molecule has 0 amide bonds. The fourth-order valence-electron chi connectivity index (χ4n) is 2.52. The number of hydrogen-bond acceptors (Lipinski definition) is 1. The minimum atomic E-state index is -4.16. The van der Waals surface area contributed by atoms with Crippen molar-refractivity contribution < 1.29 is 13.2 Å². The van der Waals surface area contributed by atoms with Gasteiger partial charge in [0.1, 0.15) is 0 Å². The summed E-state index contributed by atoms with van der Waals surface area (Å²) >= 11 is 0. The first kappa shape index (κ1) is 16.6. The van der Waals surface area contributed by atoms with Crippen molar-refractivity contribution in [3.05, 3.63) is 35.9 Å². The van der Waals surface area contributed by atoms with Crippen LogP contribution >= 0.6 is 0 Å². The molecule has 2 rings (SSSR count). The van der Waals surface area contributed by atoms with E-state index < -0.39 is 11.6 Å². The molecule has 1 aliphatic rings. The highest BCUT2D eigenvalue weighted by atomic mass is 19.4. The Kier molecular flexibility index (Phi) is 4.98. The Morgan fingerprint density at radius 1 is 1.23 bits per heavy atom. The molecule has 1 fully saturated rings. The fraction of sp³-hybridized carbons (Fsp3) is 0.562. The fourth-order valence-corrected chi connectivity index (χ4v) is 2.52. The van der Waals surface area contributed by atoms with Crippen molar-refractivity contribution in [2.24, 2.45) is 10.4 Å². The Balaban J connectivity index is 2.00. The zero-order valence-corrected chi connectivity index (χ0v) is 13.0. The van der Waals surface area contributed by atoms with Crippen LogP contribution in [0.5, 0.6) is 0 Å². The highest BCUT2D eigenvalue weighted by molar-refractivity contribution is 5.79. The number of rotatable bonds is 4. The van der Waals surface area contributed by atoms with Crippen molar-refractivity contribution in [3.8, 4) is 0 Å². The van der Waals surface area contributed by atoms with Crippen LogP contribution in [-0.2, 0) is 6.54 Å². The minimum absolute atomic E-state index is 0.109. The molecule has 0 radical (unpaired) electrons. The van der Waals surface area contributed by atoms with Gasteiger partial charge in [0.15, 0.2) is 5.96 Å². The van der Waals surface area contributed by atoms with Crippen LogP contribution in [0.25, 0.3) is 0 Å². The zero-order chi connectivity index (χ0) is 16.2. The van der Waals surface area contributed by atoms with Crippen molar-refractivity contribution >= 4 is 5.96 Å². The summed E-state index contributed by atoms with van der Waals surface area (Å²) in [6, 6.07) is 9.64. The molecule has 1 aromatic carbocycles. The number of hydrogen-bond donors (Lipinski definition) is 1. The van der Waals surface area contributed by atoms with Gasteiger partial charge in [0.25, 0.3) is 0 Å². The molecule has 22 heavy (non-hydrogen) atoms. The number of guanidine groups is 1. The Bertz CT molecular complexity index is 505. The van der Waals surface area contributed by atoms with E-state index in [1.807, 2.05) is 30.3 Å². The second-order valence-electron chi connectivity index (χ2n) is 6.01. The third-order valence-corrected chi connectivity index (χ3v) is 4.17. The van der Waals surface area contributed by atoms with Gasteiger partial charge in [-0.25, -0.2) is 4.99 Å². The van der Waals surface area contributed by atoms with E-state index in [2.05, 4.69) is 10.3 Å². The average molecular weight is 313 g/mol. The summed E-state index contributed by atoms with van der Waals surface area (Å²) in [5.41, 5.74) is -0.561. The summed E-state index contributed by atoms with van der Waals surface area (Å²) < 4.78 is 39.5. The monoisotopic (exact) mass is 313 g/mol. The molecule has 1 N–H and O–H groups in total. The Morgan fingerprint density at radius 3 is 2.32 bits per heavy atom. The summed E-state index contributed by atoms with van der Waals surface area (Å²) in [5, 5.41) is 2.89. The lowest BCUT2D eigenvalue weighted by Crippen LogP contribution is -2.53. The van der Waals surface area contributed by atoms with Crippen LogP contribution < -0.4 is 5.32 Å². The van der Waals surface area contributed by atoms with E-state index in [4.69, 9.17) is 0 Å². The van der Waals surface area contributed by atoms with E-state index in [9.17, 15) is 13.2 Å². The SMILES string of the molecule is CN(C)C(=NCc1ccccc1)NCC1(C(F)(F)F)CCC1. The van der Waals surface area contributed by atoms with Crippen LogP contribution in [0.15, 0.2) is 35.3 Å². The molecule has 0 bridgehead atoms. The largest absolute Gasteiger partial charge is 0.396 e. The van der Waals surface area contributed by atoms with Gasteiger partial charge in [-0.2, -0.15) is 13.2 Å². The third kappa shape index (κ3) is 3.72. The average Bonchev–Trinajstić information content (AvgIpc) is 2.40. The lowest BCUT2D eigenvalue weighted by molar-refractivity contribution is -0.247. The first-order chi connectivity index (χ1) is 10.3. The molecule has 122 valence electrons. The molecule has 0 aromatic heterocycles. The third-order valence-electron chi connectivity index (χ3n) is 4.17. The Labute approximate surface area is 129 Å². The second kappa shape index (κ2) is 6.58. The summed E-state index contributed by atoms with van der Waals surface area (Å²) in [4.78, 5) is 6.12. The van der Waals surface area contributed by atoms with E-state index in [-0.39, 0.29) is 19.4 Å². The number of nitrogens with one attached hydrogen (secondary N) is 1. The van der Waals surface area contributed by atoms with Gasteiger partial charge in [0.2, 0.25) is 0 Å². The first-order valence-corrected chi connectivity index (χ1v) is 7.40. The number of benzene rings is 1. The van der Waals surface area contributed by atoms with Crippen LogP contribution in [0.3, 0.4) is 0 Å². The van der Waals surface area contributed by atoms with Gasteiger partial charge < -0.3 is 10.2 Å². The van der Waals surface area contributed by atoms with Gasteiger partial charge in [0, 0.05) is 20.6 Å². The van der Waals surface area contributed by atoms with Crippen molar-refractivity contribution in [1.82, 2.24) is 10.2 Å². The molecule has 1 aromatic rings. The highest BCUT2D eigenvalue weighted by Gasteiger charge is 2.58. The highest BCUT2D eigenvalue weighted by Crippen LogP contribution is 2.52. The molecule has 0 atom stereocenters. The van der Waals surface area contributed by atoms with Gasteiger partial charge in [-0.05, 0) is 18.4 Å². The molecule has 0 heterocycles. The van der Waals surface area contributed by atoms with Crippen molar-refractivity contribution in [1.29, 1.82) is 0 Å². The predicted molar refractivity (Wildman–Crippen MR) is 81.6 cm³/mol. The quantitative estimate of drug-likeness (QED) is 0.681. The molecular formula is C16H22F3N3. The second-order valence-corrected chi connectivity index (χ2v) is 6.01.